The fraction of sp³-hybridized carbons (Fsp3) is 0.900. The summed E-state index contributed by atoms with van der Waals surface area (Å²) in [7, 11) is 0. The summed E-state index contributed by atoms with van der Waals surface area (Å²) < 4.78 is 0. The third-order valence-corrected chi connectivity index (χ3v) is 3.23. The van der Waals surface area contributed by atoms with Gasteiger partial charge in [0.1, 0.15) is 0 Å². The van der Waals surface area contributed by atoms with Gasteiger partial charge in [0.25, 0.3) is 0 Å². The van der Waals surface area contributed by atoms with Crippen LogP contribution in [0.15, 0.2) is 0 Å². The lowest BCUT2D eigenvalue weighted by atomic mass is 10.1. The highest BCUT2D eigenvalue weighted by Gasteiger charge is 2.21. The Bertz CT molecular complexity index is 172. The summed E-state index contributed by atoms with van der Waals surface area (Å²) in [5, 5.41) is 11.8. The summed E-state index contributed by atoms with van der Waals surface area (Å²) >= 11 is 1.65. The molecule has 0 radical (unpaired) electrons. The lowest BCUT2D eigenvalue weighted by Gasteiger charge is -2.19. The van der Waals surface area contributed by atoms with Gasteiger partial charge in [-0.05, 0) is 18.6 Å². The van der Waals surface area contributed by atoms with Gasteiger partial charge in [0.2, 0.25) is 5.91 Å². The molecule has 3 nitrogen and oxygen atoms in total. The number of hydrogen-bond donors (Lipinski definition) is 2. The van der Waals surface area contributed by atoms with Crippen LogP contribution in [0.3, 0.4) is 0 Å². The van der Waals surface area contributed by atoms with Crippen LogP contribution in [0, 0.1) is 5.92 Å². The first-order valence-electron chi connectivity index (χ1n) is 5.06. The van der Waals surface area contributed by atoms with Gasteiger partial charge in [0.05, 0.1) is 11.4 Å². The third kappa shape index (κ3) is 5.50. The Kier molecular flexibility index (Phi) is 7.01. The molecule has 2 atom stereocenters. The first-order chi connectivity index (χ1) is 6.49. The lowest BCUT2D eigenvalue weighted by Crippen LogP contribution is -2.39. The second-order valence-electron chi connectivity index (χ2n) is 3.71. The maximum Gasteiger partial charge on any atom is 0.233 e. The molecule has 14 heavy (non-hydrogen) atoms. The minimum Gasteiger partial charge on any atom is -0.392 e. The monoisotopic (exact) mass is 219 g/mol. The van der Waals surface area contributed by atoms with Crippen LogP contribution in [-0.4, -0.2) is 34.7 Å². The lowest BCUT2D eigenvalue weighted by molar-refractivity contribution is -0.121. The average molecular weight is 219 g/mol. The van der Waals surface area contributed by atoms with Crippen molar-refractivity contribution in [3.8, 4) is 0 Å². The molecule has 2 unspecified atom stereocenters. The Morgan fingerprint density at radius 1 is 1.43 bits per heavy atom. The van der Waals surface area contributed by atoms with E-state index in [0.717, 1.165) is 5.75 Å². The SMILES string of the molecule is CCSC(C(=O)NCC(C)O)C(C)C. The molecule has 0 saturated heterocycles. The number of carbonyl (C=O) groups excluding carboxylic acids is 1. The molecule has 4 heteroatoms. The van der Waals surface area contributed by atoms with Gasteiger partial charge in [-0.25, -0.2) is 0 Å². The number of hydrogen-bond acceptors (Lipinski definition) is 3. The summed E-state index contributed by atoms with van der Waals surface area (Å²) in [6.07, 6.45) is -0.474. The van der Waals surface area contributed by atoms with Crippen molar-refractivity contribution in [3.63, 3.8) is 0 Å². The van der Waals surface area contributed by atoms with Crippen molar-refractivity contribution in [2.45, 2.75) is 39.0 Å². The zero-order valence-electron chi connectivity index (χ0n) is 9.41. The standard InChI is InChI=1S/C10H21NO2S/c1-5-14-9(7(2)3)10(13)11-6-8(4)12/h7-9,12H,5-6H2,1-4H3,(H,11,13). The molecule has 0 bridgehead atoms. The molecule has 0 aromatic rings. The molecular weight excluding hydrogens is 198 g/mol. The van der Waals surface area contributed by atoms with Gasteiger partial charge in [-0.1, -0.05) is 20.8 Å². The number of aliphatic hydroxyl groups is 1. The predicted molar refractivity (Wildman–Crippen MR) is 61.4 cm³/mol. The number of carbonyl (C=O) groups is 1. The normalized spacial score (nSPS) is 15.3. The van der Waals surface area contributed by atoms with E-state index in [-0.39, 0.29) is 11.2 Å². The van der Waals surface area contributed by atoms with Crippen LogP contribution in [-0.2, 0) is 4.79 Å². The fourth-order valence-corrected chi connectivity index (χ4v) is 2.08. The second-order valence-corrected chi connectivity index (χ2v) is 5.13. The molecule has 0 aliphatic heterocycles. The van der Waals surface area contributed by atoms with Crippen LogP contribution in [0.25, 0.3) is 0 Å². The van der Waals surface area contributed by atoms with Crippen molar-refractivity contribution < 1.29 is 9.90 Å². The topological polar surface area (TPSA) is 49.3 Å². The van der Waals surface area contributed by atoms with Crippen molar-refractivity contribution in [2.24, 2.45) is 5.92 Å². The molecular formula is C10H21NO2S. The van der Waals surface area contributed by atoms with E-state index >= 15 is 0 Å². The van der Waals surface area contributed by atoms with Crippen LogP contribution in [0.4, 0.5) is 0 Å². The van der Waals surface area contributed by atoms with Gasteiger partial charge in [-0.2, -0.15) is 0 Å². The summed E-state index contributed by atoms with van der Waals surface area (Å²) in [4.78, 5) is 11.6. The van der Waals surface area contributed by atoms with Gasteiger partial charge in [0, 0.05) is 6.54 Å². The molecule has 1 amide bonds. The average Bonchev–Trinajstić information content (AvgIpc) is 2.09. The molecule has 0 aliphatic rings. The molecule has 0 heterocycles. The van der Waals surface area contributed by atoms with E-state index in [1.165, 1.54) is 0 Å². The number of thioether (sulfide) groups is 1. The van der Waals surface area contributed by atoms with Crippen LogP contribution < -0.4 is 5.32 Å². The Balaban J connectivity index is 4.02. The highest BCUT2D eigenvalue weighted by atomic mass is 32.2. The zero-order chi connectivity index (χ0) is 11.1. The molecule has 0 aromatic heterocycles. The maximum absolute atomic E-state index is 11.6. The Morgan fingerprint density at radius 3 is 2.36 bits per heavy atom. The fourth-order valence-electron chi connectivity index (χ4n) is 1.10. The number of nitrogens with one attached hydrogen (secondary N) is 1. The van der Waals surface area contributed by atoms with E-state index in [0.29, 0.717) is 12.5 Å². The highest BCUT2D eigenvalue weighted by molar-refractivity contribution is 8.00. The first kappa shape index (κ1) is 13.8. The van der Waals surface area contributed by atoms with E-state index in [9.17, 15) is 4.79 Å². The van der Waals surface area contributed by atoms with E-state index in [1.54, 1.807) is 18.7 Å². The molecule has 0 fully saturated rings. The smallest absolute Gasteiger partial charge is 0.233 e. The van der Waals surface area contributed by atoms with E-state index < -0.39 is 6.10 Å². The minimum atomic E-state index is -0.474. The van der Waals surface area contributed by atoms with Crippen molar-refractivity contribution in [1.29, 1.82) is 0 Å². The third-order valence-electron chi connectivity index (χ3n) is 1.78. The van der Waals surface area contributed by atoms with Gasteiger partial charge in [-0.15, -0.1) is 11.8 Å². The van der Waals surface area contributed by atoms with Gasteiger partial charge in [-0.3, -0.25) is 4.79 Å². The maximum atomic E-state index is 11.6. The zero-order valence-corrected chi connectivity index (χ0v) is 10.2. The van der Waals surface area contributed by atoms with Gasteiger partial charge in [0.15, 0.2) is 0 Å². The molecule has 0 spiro atoms. The number of amides is 1. The Morgan fingerprint density at radius 2 is 2.00 bits per heavy atom. The Hall–Kier alpha value is -0.220. The Labute approximate surface area is 90.7 Å². The molecule has 0 rings (SSSR count). The molecule has 0 saturated carbocycles. The van der Waals surface area contributed by atoms with E-state index in [4.69, 9.17) is 5.11 Å². The summed E-state index contributed by atoms with van der Waals surface area (Å²) in [5.74, 6) is 1.30. The van der Waals surface area contributed by atoms with Crippen molar-refractivity contribution in [1.82, 2.24) is 5.32 Å². The van der Waals surface area contributed by atoms with Crippen molar-refractivity contribution >= 4 is 17.7 Å². The van der Waals surface area contributed by atoms with Gasteiger partial charge < -0.3 is 10.4 Å². The van der Waals surface area contributed by atoms with E-state index in [1.807, 2.05) is 20.8 Å². The second kappa shape index (κ2) is 7.12. The molecule has 84 valence electrons. The van der Waals surface area contributed by atoms with Gasteiger partial charge >= 0.3 is 0 Å². The van der Waals surface area contributed by atoms with Crippen LogP contribution in [0.5, 0.6) is 0 Å². The van der Waals surface area contributed by atoms with Crippen molar-refractivity contribution in [3.05, 3.63) is 0 Å². The van der Waals surface area contributed by atoms with Crippen LogP contribution >= 0.6 is 11.8 Å². The van der Waals surface area contributed by atoms with Crippen LogP contribution in [0.2, 0.25) is 0 Å². The molecule has 2 N–H and O–H groups in total. The van der Waals surface area contributed by atoms with Crippen molar-refractivity contribution in [2.75, 3.05) is 12.3 Å². The summed E-state index contributed by atoms with van der Waals surface area (Å²) in [6.45, 7) is 8.12. The van der Waals surface area contributed by atoms with Crippen LogP contribution in [0.1, 0.15) is 27.7 Å². The summed E-state index contributed by atoms with van der Waals surface area (Å²) in [5.41, 5.74) is 0. The van der Waals surface area contributed by atoms with E-state index in [2.05, 4.69) is 5.32 Å². The quantitative estimate of drug-likeness (QED) is 0.707. The summed E-state index contributed by atoms with van der Waals surface area (Å²) in [6, 6.07) is 0. The highest BCUT2D eigenvalue weighted by Crippen LogP contribution is 2.19. The predicted octanol–water partition coefficient (Wildman–Crippen LogP) is 1.26. The number of aliphatic hydroxyl groups excluding tert-OH is 1. The minimum absolute atomic E-state index is 0.00116. The largest absolute Gasteiger partial charge is 0.392 e. The first-order valence-corrected chi connectivity index (χ1v) is 6.11. The molecule has 0 aromatic carbocycles. The number of rotatable bonds is 6. The molecule has 0 aliphatic carbocycles.